The van der Waals surface area contributed by atoms with Crippen molar-refractivity contribution in [2.75, 3.05) is 39.8 Å². The molecule has 0 aliphatic carbocycles. The number of urea groups is 1. The SMILES string of the molecule is CNC(=O)NC(=O)C[NH+]1CCN(S(=O)(=O)c2ccc(Cl)cc2)CC1. The second-order valence-electron chi connectivity index (χ2n) is 5.41. The van der Waals surface area contributed by atoms with Crippen molar-refractivity contribution in [1.29, 1.82) is 0 Å². The Morgan fingerprint density at radius 1 is 1.21 bits per heavy atom. The Labute approximate surface area is 145 Å². The lowest BCUT2D eigenvalue weighted by Crippen LogP contribution is -3.15. The number of imide groups is 1. The van der Waals surface area contributed by atoms with Crippen LogP contribution in [0.5, 0.6) is 0 Å². The fraction of sp³-hybridized carbons (Fsp3) is 0.429. The quantitative estimate of drug-likeness (QED) is 0.608. The molecule has 3 amide bonds. The molecule has 2 rings (SSSR count). The van der Waals surface area contributed by atoms with Gasteiger partial charge in [-0.1, -0.05) is 11.6 Å². The molecular formula is C14H20ClN4O4S+. The highest BCUT2D eigenvalue weighted by Crippen LogP contribution is 2.18. The molecule has 10 heteroatoms. The second-order valence-corrected chi connectivity index (χ2v) is 7.79. The first-order valence-electron chi connectivity index (χ1n) is 7.44. The van der Waals surface area contributed by atoms with E-state index in [9.17, 15) is 18.0 Å². The van der Waals surface area contributed by atoms with E-state index in [2.05, 4.69) is 10.6 Å². The fourth-order valence-electron chi connectivity index (χ4n) is 2.44. The summed E-state index contributed by atoms with van der Waals surface area (Å²) in [5, 5.41) is 4.98. The molecule has 0 spiro atoms. The Kier molecular flexibility index (Phi) is 6.16. The zero-order chi connectivity index (χ0) is 17.7. The number of sulfonamides is 1. The molecule has 0 unspecified atom stereocenters. The average Bonchev–Trinajstić information content (AvgIpc) is 2.55. The lowest BCUT2D eigenvalue weighted by Gasteiger charge is -2.31. The van der Waals surface area contributed by atoms with Gasteiger partial charge >= 0.3 is 6.03 Å². The van der Waals surface area contributed by atoms with Crippen molar-refractivity contribution in [3.05, 3.63) is 29.3 Å². The molecule has 1 fully saturated rings. The summed E-state index contributed by atoms with van der Waals surface area (Å²) in [4.78, 5) is 23.9. The number of hydrogen-bond donors (Lipinski definition) is 3. The normalized spacial score (nSPS) is 16.6. The monoisotopic (exact) mass is 375 g/mol. The Bertz CT molecular complexity index is 700. The highest BCUT2D eigenvalue weighted by atomic mass is 35.5. The lowest BCUT2D eigenvalue weighted by molar-refractivity contribution is -0.895. The zero-order valence-corrected chi connectivity index (χ0v) is 14.8. The van der Waals surface area contributed by atoms with Crippen LogP contribution >= 0.6 is 11.6 Å². The molecule has 0 aromatic heterocycles. The number of nitrogens with zero attached hydrogens (tertiary/aromatic N) is 1. The Morgan fingerprint density at radius 3 is 2.33 bits per heavy atom. The van der Waals surface area contributed by atoms with Crippen molar-refractivity contribution in [2.45, 2.75) is 4.90 Å². The van der Waals surface area contributed by atoms with Gasteiger partial charge in [0.1, 0.15) is 0 Å². The molecule has 132 valence electrons. The number of amides is 3. The molecule has 8 nitrogen and oxygen atoms in total. The Hall–Kier alpha value is -1.68. The van der Waals surface area contributed by atoms with Crippen LogP contribution in [0.2, 0.25) is 5.02 Å². The minimum Gasteiger partial charge on any atom is -0.341 e. The first-order chi connectivity index (χ1) is 11.3. The maximum Gasteiger partial charge on any atom is 0.321 e. The summed E-state index contributed by atoms with van der Waals surface area (Å²) in [6.07, 6.45) is 0. The first-order valence-corrected chi connectivity index (χ1v) is 9.25. The minimum absolute atomic E-state index is 0.127. The van der Waals surface area contributed by atoms with E-state index in [1.54, 1.807) is 12.1 Å². The van der Waals surface area contributed by atoms with Crippen molar-refractivity contribution < 1.29 is 22.9 Å². The average molecular weight is 376 g/mol. The topological polar surface area (TPSA) is 100 Å². The summed E-state index contributed by atoms with van der Waals surface area (Å²) in [6, 6.07) is 5.49. The summed E-state index contributed by atoms with van der Waals surface area (Å²) < 4.78 is 26.5. The molecule has 0 bridgehead atoms. The van der Waals surface area contributed by atoms with Gasteiger partial charge in [-0.2, -0.15) is 4.31 Å². The number of piperazine rings is 1. The Morgan fingerprint density at radius 2 is 1.79 bits per heavy atom. The van der Waals surface area contributed by atoms with E-state index in [1.165, 1.54) is 23.5 Å². The van der Waals surface area contributed by atoms with Crippen LogP contribution in [0.3, 0.4) is 0 Å². The third kappa shape index (κ3) is 4.67. The van der Waals surface area contributed by atoms with Gasteiger partial charge in [0.05, 0.1) is 31.1 Å². The van der Waals surface area contributed by atoms with Gasteiger partial charge in [0, 0.05) is 12.1 Å². The van der Waals surface area contributed by atoms with Crippen LogP contribution < -0.4 is 15.5 Å². The molecule has 3 N–H and O–H groups in total. The Balaban J connectivity index is 1.91. The molecule has 0 atom stereocenters. The second kappa shape index (κ2) is 7.93. The molecule has 1 aromatic rings. The summed E-state index contributed by atoms with van der Waals surface area (Å²) in [5.74, 6) is -0.390. The van der Waals surface area contributed by atoms with Crippen LogP contribution in [0, 0.1) is 0 Å². The van der Waals surface area contributed by atoms with Crippen LogP contribution in [0.4, 0.5) is 4.79 Å². The van der Waals surface area contributed by atoms with E-state index < -0.39 is 22.0 Å². The van der Waals surface area contributed by atoms with Crippen LogP contribution in [0.1, 0.15) is 0 Å². The number of rotatable bonds is 4. The molecule has 1 aliphatic rings. The van der Waals surface area contributed by atoms with Gasteiger partial charge in [0.15, 0.2) is 6.54 Å². The number of carbonyl (C=O) groups excluding carboxylic acids is 2. The summed E-state index contributed by atoms with van der Waals surface area (Å²) in [5.41, 5.74) is 0. The predicted molar refractivity (Wildman–Crippen MR) is 88.4 cm³/mol. The van der Waals surface area contributed by atoms with Crippen LogP contribution in [-0.2, 0) is 14.8 Å². The summed E-state index contributed by atoms with van der Waals surface area (Å²) >= 11 is 5.78. The zero-order valence-electron chi connectivity index (χ0n) is 13.2. The fourth-order valence-corrected chi connectivity index (χ4v) is 4.00. The van der Waals surface area contributed by atoms with Gasteiger partial charge in [-0.3, -0.25) is 10.1 Å². The van der Waals surface area contributed by atoms with Crippen molar-refractivity contribution in [2.24, 2.45) is 0 Å². The molecular weight excluding hydrogens is 356 g/mol. The van der Waals surface area contributed by atoms with Gasteiger partial charge in [0.25, 0.3) is 5.91 Å². The van der Waals surface area contributed by atoms with Crippen molar-refractivity contribution in [3.8, 4) is 0 Å². The van der Waals surface area contributed by atoms with E-state index in [0.29, 0.717) is 31.2 Å². The number of nitrogens with one attached hydrogen (secondary N) is 3. The first kappa shape index (κ1) is 18.7. The number of carbonyl (C=O) groups is 2. The smallest absolute Gasteiger partial charge is 0.321 e. The minimum atomic E-state index is -3.56. The number of quaternary nitrogens is 1. The van der Waals surface area contributed by atoms with E-state index in [1.807, 2.05) is 0 Å². The maximum atomic E-state index is 12.6. The van der Waals surface area contributed by atoms with Gasteiger partial charge in [-0.05, 0) is 24.3 Å². The highest BCUT2D eigenvalue weighted by molar-refractivity contribution is 7.89. The van der Waals surface area contributed by atoms with Crippen LogP contribution in [0.25, 0.3) is 0 Å². The van der Waals surface area contributed by atoms with E-state index in [-0.39, 0.29) is 11.4 Å². The predicted octanol–water partition coefficient (Wildman–Crippen LogP) is -1.32. The molecule has 0 saturated carbocycles. The van der Waals surface area contributed by atoms with Crippen molar-refractivity contribution in [1.82, 2.24) is 14.9 Å². The molecule has 1 heterocycles. The van der Waals surface area contributed by atoms with E-state index in [0.717, 1.165) is 4.90 Å². The standard InChI is InChI=1S/C14H19ClN4O4S/c1-16-14(21)17-13(20)10-18-6-8-19(9-7-18)24(22,23)12-4-2-11(15)3-5-12/h2-5H,6-10H2,1H3,(H2,16,17,20,21)/p+1. The molecule has 24 heavy (non-hydrogen) atoms. The molecule has 0 radical (unpaired) electrons. The van der Waals surface area contributed by atoms with Gasteiger partial charge in [-0.25, -0.2) is 13.2 Å². The van der Waals surface area contributed by atoms with Gasteiger partial charge in [-0.15, -0.1) is 0 Å². The summed E-state index contributed by atoms with van der Waals surface area (Å²) in [6.45, 7) is 1.74. The molecule has 1 saturated heterocycles. The van der Waals surface area contributed by atoms with Crippen LogP contribution in [-0.4, -0.2) is 64.4 Å². The molecule has 1 aromatic carbocycles. The van der Waals surface area contributed by atoms with E-state index >= 15 is 0 Å². The van der Waals surface area contributed by atoms with Crippen LogP contribution in [0.15, 0.2) is 29.2 Å². The maximum absolute atomic E-state index is 12.6. The summed E-state index contributed by atoms with van der Waals surface area (Å²) in [7, 11) is -2.13. The van der Waals surface area contributed by atoms with Gasteiger partial charge in [0.2, 0.25) is 10.0 Å². The third-order valence-electron chi connectivity index (χ3n) is 3.77. The molecule has 1 aliphatic heterocycles. The van der Waals surface area contributed by atoms with E-state index in [4.69, 9.17) is 11.6 Å². The third-order valence-corrected chi connectivity index (χ3v) is 5.94. The number of benzene rings is 1. The number of hydrogen-bond acceptors (Lipinski definition) is 4. The largest absolute Gasteiger partial charge is 0.341 e. The number of halogens is 1. The highest BCUT2D eigenvalue weighted by Gasteiger charge is 2.31. The van der Waals surface area contributed by atoms with Gasteiger partial charge < -0.3 is 10.2 Å². The van der Waals surface area contributed by atoms with Crippen molar-refractivity contribution >= 4 is 33.6 Å². The van der Waals surface area contributed by atoms with Crippen molar-refractivity contribution in [3.63, 3.8) is 0 Å². The lowest BCUT2D eigenvalue weighted by atomic mass is 10.3.